The van der Waals surface area contributed by atoms with E-state index < -0.39 is 7.69 Å². The van der Waals surface area contributed by atoms with Gasteiger partial charge in [-0.2, -0.15) is 0 Å². The summed E-state index contributed by atoms with van der Waals surface area (Å²) in [5, 5.41) is 15.6. The number of hydrogen-bond acceptors (Lipinski definition) is 5. The summed E-state index contributed by atoms with van der Waals surface area (Å²) in [5.41, 5.74) is 1.73. The lowest BCUT2D eigenvalue weighted by Gasteiger charge is -2.10. The quantitative estimate of drug-likeness (QED) is 0.294. The Morgan fingerprint density at radius 3 is 2.35 bits per heavy atom. The molecule has 0 atom stereocenters. The molecule has 0 fully saturated rings. The molecule has 23 heavy (non-hydrogen) atoms. The van der Waals surface area contributed by atoms with Crippen LogP contribution >= 0.6 is 11.6 Å². The molecule has 1 aliphatic heterocycles. The van der Waals surface area contributed by atoms with Gasteiger partial charge in [0.15, 0.2) is 11.3 Å². The first-order valence-electron chi connectivity index (χ1n) is 6.79. The van der Waals surface area contributed by atoms with Gasteiger partial charge < -0.3 is 14.5 Å². The largest absolute Gasteiger partial charge is 0.451 e. The molecule has 2 aromatic carbocycles. The number of aromatic nitrogens is 1. The van der Waals surface area contributed by atoms with Crippen LogP contribution in [-0.4, -0.2) is 22.7 Å². The van der Waals surface area contributed by atoms with Gasteiger partial charge in [0.25, 0.3) is 0 Å². The minimum Gasteiger partial charge on any atom is -0.451 e. The van der Waals surface area contributed by atoms with E-state index in [1.807, 2.05) is 36.4 Å². The SMILES string of the molecule is O=c1c(Cl)c2oc3ccccc3nc-2c2ccccc12.OBO. The van der Waals surface area contributed by atoms with E-state index in [1.165, 1.54) is 0 Å². The minimum absolute atomic E-state index is 0.0805. The summed E-state index contributed by atoms with van der Waals surface area (Å²) in [5.74, 6) is 0.342. The van der Waals surface area contributed by atoms with E-state index in [-0.39, 0.29) is 10.5 Å². The first-order chi connectivity index (χ1) is 11.2. The summed E-state index contributed by atoms with van der Waals surface area (Å²) >= 11 is 6.16. The number of rotatable bonds is 0. The third-order valence-corrected chi connectivity index (χ3v) is 3.69. The van der Waals surface area contributed by atoms with Crippen LogP contribution in [-0.2, 0) is 0 Å². The molecule has 2 aromatic rings. The van der Waals surface area contributed by atoms with Crippen LogP contribution in [0, 0.1) is 0 Å². The second kappa shape index (κ2) is 6.38. The van der Waals surface area contributed by atoms with Crippen LogP contribution in [0.15, 0.2) is 57.7 Å². The highest BCUT2D eigenvalue weighted by Crippen LogP contribution is 2.34. The first-order valence-corrected chi connectivity index (χ1v) is 7.16. The van der Waals surface area contributed by atoms with E-state index in [2.05, 4.69) is 4.98 Å². The van der Waals surface area contributed by atoms with Crippen molar-refractivity contribution in [3.8, 4) is 11.5 Å². The highest BCUT2D eigenvalue weighted by molar-refractivity contribution is 6.34. The molecule has 1 aliphatic carbocycles. The monoisotopic (exact) mass is 327 g/mol. The Morgan fingerprint density at radius 2 is 1.61 bits per heavy atom. The van der Waals surface area contributed by atoms with Crippen molar-refractivity contribution in [1.29, 1.82) is 0 Å². The molecule has 2 aliphatic rings. The number of fused-ring (bicyclic) bond motifs is 4. The van der Waals surface area contributed by atoms with Gasteiger partial charge in [0.2, 0.25) is 5.43 Å². The van der Waals surface area contributed by atoms with E-state index in [4.69, 9.17) is 26.1 Å². The number of para-hydroxylation sites is 2. The van der Waals surface area contributed by atoms with Crippen LogP contribution in [0.5, 0.6) is 0 Å². The maximum absolute atomic E-state index is 12.3. The third-order valence-electron chi connectivity index (χ3n) is 3.35. The molecule has 0 aromatic heterocycles. The summed E-state index contributed by atoms with van der Waals surface area (Å²) in [4.78, 5) is 16.8. The predicted octanol–water partition coefficient (Wildman–Crippen LogP) is 2.34. The maximum atomic E-state index is 12.3. The fourth-order valence-corrected chi connectivity index (χ4v) is 2.64. The summed E-state index contributed by atoms with van der Waals surface area (Å²) in [6.07, 6.45) is 0. The van der Waals surface area contributed by atoms with Gasteiger partial charge in [-0.3, -0.25) is 4.79 Å². The van der Waals surface area contributed by atoms with Gasteiger partial charge >= 0.3 is 7.69 Å². The van der Waals surface area contributed by atoms with Crippen LogP contribution in [0.1, 0.15) is 0 Å². The highest BCUT2D eigenvalue weighted by atomic mass is 35.5. The van der Waals surface area contributed by atoms with Gasteiger partial charge in [0, 0.05) is 10.8 Å². The van der Waals surface area contributed by atoms with E-state index >= 15 is 0 Å². The molecule has 2 N–H and O–H groups in total. The minimum atomic E-state index is -0.750. The molecule has 0 unspecified atom stereocenters. The Labute approximate surface area is 136 Å². The second-order valence-electron chi connectivity index (χ2n) is 4.69. The summed E-state index contributed by atoms with van der Waals surface area (Å²) in [7, 11) is -0.750. The Morgan fingerprint density at radius 1 is 1.00 bits per heavy atom. The zero-order valence-electron chi connectivity index (χ0n) is 11.9. The van der Waals surface area contributed by atoms with Crippen LogP contribution in [0.2, 0.25) is 5.02 Å². The van der Waals surface area contributed by atoms with Gasteiger partial charge in [0.1, 0.15) is 16.2 Å². The van der Waals surface area contributed by atoms with Crippen molar-refractivity contribution in [2.45, 2.75) is 0 Å². The van der Waals surface area contributed by atoms with Crippen LogP contribution < -0.4 is 5.43 Å². The van der Waals surface area contributed by atoms with E-state index in [9.17, 15) is 4.79 Å². The van der Waals surface area contributed by atoms with Crippen molar-refractivity contribution in [3.63, 3.8) is 0 Å². The van der Waals surface area contributed by atoms with E-state index in [0.717, 1.165) is 10.9 Å². The highest BCUT2D eigenvalue weighted by Gasteiger charge is 2.20. The lowest BCUT2D eigenvalue weighted by molar-refractivity contribution is 0.448. The molecule has 0 saturated heterocycles. The Bertz CT molecular complexity index is 1020. The average molecular weight is 328 g/mol. The van der Waals surface area contributed by atoms with Crippen molar-refractivity contribution < 1.29 is 14.5 Å². The predicted molar refractivity (Wildman–Crippen MR) is 91.0 cm³/mol. The molecule has 0 spiro atoms. The number of nitrogens with zero attached hydrogens (tertiary/aromatic N) is 1. The topological polar surface area (TPSA) is 83.6 Å². The number of halogens is 1. The van der Waals surface area contributed by atoms with Crippen molar-refractivity contribution in [2.75, 3.05) is 0 Å². The summed E-state index contributed by atoms with van der Waals surface area (Å²) in [6.45, 7) is 0. The van der Waals surface area contributed by atoms with Gasteiger partial charge in [-0.25, -0.2) is 4.98 Å². The Balaban J connectivity index is 0.000000485. The number of benzene rings is 3. The molecule has 0 bridgehead atoms. The molecular formula is C16H11BClNO4. The third kappa shape index (κ3) is 2.68. The van der Waals surface area contributed by atoms with Crippen molar-refractivity contribution in [2.24, 2.45) is 0 Å². The second-order valence-corrected chi connectivity index (χ2v) is 5.07. The van der Waals surface area contributed by atoms with Gasteiger partial charge in [-0.15, -0.1) is 0 Å². The molecule has 0 radical (unpaired) electrons. The fraction of sp³-hybridized carbons (Fsp3) is 0. The Hall–Kier alpha value is -2.41. The zero-order chi connectivity index (χ0) is 16.4. The maximum Gasteiger partial charge on any atom is 0.432 e. The molecule has 0 amide bonds. The van der Waals surface area contributed by atoms with E-state index in [1.54, 1.807) is 12.1 Å². The summed E-state index contributed by atoms with van der Waals surface area (Å²) < 4.78 is 5.77. The lowest BCUT2D eigenvalue weighted by Crippen LogP contribution is -2.06. The molecule has 1 heterocycles. The van der Waals surface area contributed by atoms with Gasteiger partial charge in [-0.05, 0) is 12.1 Å². The normalized spacial score (nSPS) is 10.6. The fourth-order valence-electron chi connectivity index (χ4n) is 2.41. The zero-order valence-corrected chi connectivity index (χ0v) is 12.6. The lowest BCUT2D eigenvalue weighted by atomic mass is 10.0. The first kappa shape index (κ1) is 15.5. The Kier molecular flexibility index (Phi) is 4.29. The van der Waals surface area contributed by atoms with Crippen molar-refractivity contribution in [3.05, 3.63) is 63.8 Å². The molecular weight excluding hydrogens is 316 g/mol. The van der Waals surface area contributed by atoms with Crippen molar-refractivity contribution >= 4 is 41.2 Å². The molecule has 114 valence electrons. The van der Waals surface area contributed by atoms with Gasteiger partial charge in [0.05, 0.1) is 0 Å². The molecule has 7 heteroatoms. The molecule has 5 nitrogen and oxygen atoms in total. The van der Waals surface area contributed by atoms with Gasteiger partial charge in [-0.1, -0.05) is 48.0 Å². The smallest absolute Gasteiger partial charge is 0.432 e. The van der Waals surface area contributed by atoms with Crippen LogP contribution in [0.25, 0.3) is 33.3 Å². The molecule has 4 rings (SSSR count). The van der Waals surface area contributed by atoms with E-state index in [0.29, 0.717) is 22.4 Å². The molecule has 0 saturated carbocycles. The average Bonchev–Trinajstić information content (AvgIpc) is 2.59. The standard InChI is InChI=1S/C16H8ClNO2.BH3O2/c17-13-15(19)10-6-2-1-5-9(10)14-16(13)20-12-8-4-3-7-11(12)18-14;2-1-3/h1-8H;1-3H. The summed E-state index contributed by atoms with van der Waals surface area (Å²) in [6, 6.07) is 14.7. The van der Waals surface area contributed by atoms with Crippen LogP contribution in [0.4, 0.5) is 0 Å². The van der Waals surface area contributed by atoms with Crippen LogP contribution in [0.3, 0.4) is 0 Å². The number of hydrogen-bond donors (Lipinski definition) is 2. The van der Waals surface area contributed by atoms with Crippen molar-refractivity contribution in [1.82, 2.24) is 4.98 Å².